The number of halogens is 2. The SMILES string of the molecule is NCC1(NC(=O)c2c(F)cccc2F)CCCC1. The van der Waals surface area contributed by atoms with Gasteiger partial charge in [0.2, 0.25) is 0 Å². The van der Waals surface area contributed by atoms with E-state index in [1.807, 2.05) is 0 Å². The molecule has 1 aliphatic rings. The van der Waals surface area contributed by atoms with Crippen molar-refractivity contribution in [2.75, 3.05) is 6.54 Å². The summed E-state index contributed by atoms with van der Waals surface area (Å²) in [6.45, 7) is 0.287. The molecule has 0 heterocycles. The molecule has 1 fully saturated rings. The molecule has 0 unspecified atom stereocenters. The maximum absolute atomic E-state index is 13.5. The summed E-state index contributed by atoms with van der Waals surface area (Å²) in [4.78, 5) is 12.0. The van der Waals surface area contributed by atoms with Gasteiger partial charge in [0.15, 0.2) is 0 Å². The Kier molecular flexibility index (Phi) is 3.61. The van der Waals surface area contributed by atoms with Crippen molar-refractivity contribution in [3.05, 3.63) is 35.4 Å². The third-order valence-electron chi connectivity index (χ3n) is 3.52. The minimum Gasteiger partial charge on any atom is -0.345 e. The van der Waals surface area contributed by atoms with Crippen LogP contribution in [-0.2, 0) is 0 Å². The lowest BCUT2D eigenvalue weighted by Crippen LogP contribution is -2.52. The maximum Gasteiger partial charge on any atom is 0.257 e. The van der Waals surface area contributed by atoms with Crippen molar-refractivity contribution in [2.24, 2.45) is 5.73 Å². The maximum atomic E-state index is 13.5. The summed E-state index contributed by atoms with van der Waals surface area (Å²) >= 11 is 0. The Balaban J connectivity index is 2.22. The molecule has 0 spiro atoms. The highest BCUT2D eigenvalue weighted by atomic mass is 19.1. The quantitative estimate of drug-likeness (QED) is 0.866. The second-order valence-corrected chi connectivity index (χ2v) is 4.74. The third-order valence-corrected chi connectivity index (χ3v) is 3.52. The highest BCUT2D eigenvalue weighted by Crippen LogP contribution is 2.29. The fourth-order valence-corrected chi connectivity index (χ4v) is 2.45. The first kappa shape index (κ1) is 13.0. The number of nitrogens with two attached hydrogens (primary N) is 1. The molecule has 0 bridgehead atoms. The van der Waals surface area contributed by atoms with Crippen LogP contribution < -0.4 is 11.1 Å². The van der Waals surface area contributed by atoms with Crippen molar-refractivity contribution < 1.29 is 13.6 Å². The lowest BCUT2D eigenvalue weighted by Gasteiger charge is -2.28. The van der Waals surface area contributed by atoms with Gasteiger partial charge in [-0.05, 0) is 25.0 Å². The van der Waals surface area contributed by atoms with Crippen molar-refractivity contribution in [3.8, 4) is 0 Å². The van der Waals surface area contributed by atoms with Crippen LogP contribution in [0.25, 0.3) is 0 Å². The van der Waals surface area contributed by atoms with Crippen LogP contribution in [0.5, 0.6) is 0 Å². The van der Waals surface area contributed by atoms with E-state index in [0.717, 1.165) is 37.8 Å². The summed E-state index contributed by atoms with van der Waals surface area (Å²) in [5.41, 5.74) is 4.63. The predicted octanol–water partition coefficient (Wildman–Crippen LogP) is 1.97. The molecule has 18 heavy (non-hydrogen) atoms. The van der Waals surface area contributed by atoms with Crippen LogP contribution >= 0.6 is 0 Å². The minimum atomic E-state index is -0.849. The first-order valence-corrected chi connectivity index (χ1v) is 6.05. The molecule has 0 aliphatic heterocycles. The van der Waals surface area contributed by atoms with Crippen molar-refractivity contribution in [1.29, 1.82) is 0 Å². The summed E-state index contributed by atoms with van der Waals surface area (Å²) in [7, 11) is 0. The van der Waals surface area contributed by atoms with Gasteiger partial charge in [0, 0.05) is 6.54 Å². The molecule has 0 radical (unpaired) electrons. The standard InChI is InChI=1S/C13H16F2N2O/c14-9-4-3-5-10(15)11(9)12(18)17-13(8-16)6-1-2-7-13/h3-5H,1-2,6-8,16H2,(H,17,18). The van der Waals surface area contributed by atoms with E-state index < -0.39 is 28.6 Å². The number of hydrogen-bond acceptors (Lipinski definition) is 2. The minimum absolute atomic E-state index is 0.287. The van der Waals surface area contributed by atoms with Gasteiger partial charge in [-0.2, -0.15) is 0 Å². The summed E-state index contributed by atoms with van der Waals surface area (Å²) in [5, 5.41) is 2.70. The normalized spacial score (nSPS) is 17.7. The Bertz CT molecular complexity index is 436. The van der Waals surface area contributed by atoms with Gasteiger partial charge in [0.05, 0.1) is 5.54 Å². The fourth-order valence-electron chi connectivity index (χ4n) is 2.45. The van der Waals surface area contributed by atoms with Gasteiger partial charge in [0.25, 0.3) is 5.91 Å². The Morgan fingerprint density at radius 1 is 1.28 bits per heavy atom. The molecule has 1 saturated carbocycles. The molecule has 1 aromatic carbocycles. The van der Waals surface area contributed by atoms with Crippen molar-refractivity contribution >= 4 is 5.91 Å². The Morgan fingerprint density at radius 2 is 1.83 bits per heavy atom. The number of amides is 1. The summed E-state index contributed by atoms with van der Waals surface area (Å²) < 4.78 is 26.9. The number of nitrogens with one attached hydrogen (secondary N) is 1. The van der Waals surface area contributed by atoms with Gasteiger partial charge < -0.3 is 11.1 Å². The van der Waals surface area contributed by atoms with Crippen LogP contribution in [0.4, 0.5) is 8.78 Å². The molecule has 0 atom stereocenters. The van der Waals surface area contributed by atoms with E-state index in [1.165, 1.54) is 6.07 Å². The molecular weight excluding hydrogens is 238 g/mol. The van der Waals surface area contributed by atoms with Gasteiger partial charge in [-0.25, -0.2) is 8.78 Å². The van der Waals surface area contributed by atoms with Gasteiger partial charge in [-0.3, -0.25) is 4.79 Å². The van der Waals surface area contributed by atoms with E-state index in [4.69, 9.17) is 5.73 Å². The van der Waals surface area contributed by atoms with Gasteiger partial charge in [-0.1, -0.05) is 18.9 Å². The molecule has 1 aliphatic carbocycles. The molecule has 98 valence electrons. The number of hydrogen-bond donors (Lipinski definition) is 2. The molecule has 0 saturated heterocycles. The molecule has 5 heteroatoms. The average molecular weight is 254 g/mol. The van der Waals surface area contributed by atoms with Crippen LogP contribution in [0.15, 0.2) is 18.2 Å². The zero-order valence-corrected chi connectivity index (χ0v) is 10.0. The van der Waals surface area contributed by atoms with E-state index in [1.54, 1.807) is 0 Å². The highest BCUT2D eigenvalue weighted by molar-refractivity contribution is 5.95. The number of benzene rings is 1. The molecule has 1 amide bonds. The van der Waals surface area contributed by atoms with Crippen molar-refractivity contribution in [1.82, 2.24) is 5.32 Å². The number of rotatable bonds is 3. The average Bonchev–Trinajstić information content (AvgIpc) is 2.78. The second kappa shape index (κ2) is 5.02. The Morgan fingerprint density at radius 3 is 2.33 bits per heavy atom. The molecule has 1 aromatic rings. The molecule has 3 nitrogen and oxygen atoms in total. The molecule has 2 rings (SSSR count). The highest BCUT2D eigenvalue weighted by Gasteiger charge is 2.35. The van der Waals surface area contributed by atoms with Crippen LogP contribution in [0.1, 0.15) is 36.0 Å². The number of carbonyl (C=O) groups is 1. The summed E-state index contributed by atoms with van der Waals surface area (Å²) in [6, 6.07) is 3.37. The third kappa shape index (κ3) is 2.36. The van der Waals surface area contributed by atoms with E-state index in [-0.39, 0.29) is 6.54 Å². The Hall–Kier alpha value is -1.49. The van der Waals surface area contributed by atoms with Gasteiger partial charge in [0.1, 0.15) is 17.2 Å². The molecule has 3 N–H and O–H groups in total. The lowest BCUT2D eigenvalue weighted by atomic mass is 9.97. The Labute approximate surface area is 104 Å². The zero-order chi connectivity index (χ0) is 13.2. The zero-order valence-electron chi connectivity index (χ0n) is 10.0. The van der Waals surface area contributed by atoms with E-state index >= 15 is 0 Å². The molecular formula is C13H16F2N2O. The molecule has 0 aromatic heterocycles. The van der Waals surface area contributed by atoms with Crippen LogP contribution in [0.3, 0.4) is 0 Å². The topological polar surface area (TPSA) is 55.1 Å². The summed E-state index contributed by atoms with van der Waals surface area (Å²) in [5.74, 6) is -2.42. The first-order valence-electron chi connectivity index (χ1n) is 6.05. The lowest BCUT2D eigenvalue weighted by molar-refractivity contribution is 0.0894. The monoisotopic (exact) mass is 254 g/mol. The second-order valence-electron chi connectivity index (χ2n) is 4.74. The predicted molar refractivity (Wildman–Crippen MR) is 64.1 cm³/mol. The summed E-state index contributed by atoms with van der Waals surface area (Å²) in [6.07, 6.45) is 3.45. The van der Waals surface area contributed by atoms with Crippen LogP contribution in [0, 0.1) is 11.6 Å². The van der Waals surface area contributed by atoms with Crippen LogP contribution in [-0.4, -0.2) is 18.0 Å². The smallest absolute Gasteiger partial charge is 0.257 e. The van der Waals surface area contributed by atoms with Gasteiger partial charge >= 0.3 is 0 Å². The van der Waals surface area contributed by atoms with E-state index in [9.17, 15) is 13.6 Å². The largest absolute Gasteiger partial charge is 0.345 e. The number of carbonyl (C=O) groups excluding carboxylic acids is 1. The first-order chi connectivity index (χ1) is 8.58. The fraction of sp³-hybridized carbons (Fsp3) is 0.462. The van der Waals surface area contributed by atoms with Gasteiger partial charge in [-0.15, -0.1) is 0 Å². The van der Waals surface area contributed by atoms with E-state index in [0.29, 0.717) is 0 Å². The van der Waals surface area contributed by atoms with Crippen LogP contribution in [0.2, 0.25) is 0 Å². The van der Waals surface area contributed by atoms with E-state index in [2.05, 4.69) is 5.32 Å². The van der Waals surface area contributed by atoms with Crippen molar-refractivity contribution in [3.63, 3.8) is 0 Å². The van der Waals surface area contributed by atoms with Crippen molar-refractivity contribution in [2.45, 2.75) is 31.2 Å².